The van der Waals surface area contributed by atoms with Gasteiger partial charge >= 0.3 is 12.1 Å². The molecule has 0 atom stereocenters. The lowest BCUT2D eigenvalue weighted by atomic mass is 9.98. The number of fused-ring (bicyclic) bond motifs is 2. The summed E-state index contributed by atoms with van der Waals surface area (Å²) in [5, 5.41) is 2.50. The van der Waals surface area contributed by atoms with E-state index >= 15 is 0 Å². The Bertz CT molecular complexity index is 1290. The number of amides is 3. The Morgan fingerprint density at radius 1 is 1.19 bits per heavy atom. The number of H-pyrrole nitrogens is 1. The highest BCUT2D eigenvalue weighted by molar-refractivity contribution is 5.86. The Morgan fingerprint density at radius 3 is 2.75 bits per heavy atom. The number of methoxy groups -OCH3 is 1. The molecular weight excluding hydrogens is 467 g/mol. The third-order valence-electron chi connectivity index (χ3n) is 6.77. The minimum Gasteiger partial charge on any atom is -0.491 e. The average Bonchev–Trinajstić information content (AvgIpc) is 3.16. The fraction of sp³-hybridized carbons (Fsp3) is 0.440. The molecule has 36 heavy (non-hydrogen) atoms. The number of rotatable bonds is 3. The Labute approximate surface area is 207 Å². The highest BCUT2D eigenvalue weighted by Crippen LogP contribution is 2.34. The lowest BCUT2D eigenvalue weighted by Gasteiger charge is -2.34. The molecule has 0 aliphatic carbocycles. The number of piperidine rings is 1. The Kier molecular flexibility index (Phi) is 6.62. The van der Waals surface area contributed by atoms with Crippen molar-refractivity contribution in [2.45, 2.75) is 26.3 Å². The molecule has 1 fully saturated rings. The highest BCUT2D eigenvalue weighted by Gasteiger charge is 2.28. The van der Waals surface area contributed by atoms with Crippen molar-refractivity contribution in [3.05, 3.63) is 35.5 Å². The fourth-order valence-electron chi connectivity index (χ4n) is 4.79. The summed E-state index contributed by atoms with van der Waals surface area (Å²) in [4.78, 5) is 40.1. The van der Waals surface area contributed by atoms with Gasteiger partial charge in [0.05, 0.1) is 32.4 Å². The predicted molar refractivity (Wildman–Crippen MR) is 132 cm³/mol. The SMILES string of the molecule is COC(=O)Nc1nc2ncc(-c3cc(C)c4c(c3)CN(C(=O)N3CCC(CF)CC3)CCO4)cc2[nH]1. The third-order valence-corrected chi connectivity index (χ3v) is 6.77. The summed E-state index contributed by atoms with van der Waals surface area (Å²) in [6.45, 7) is 4.16. The maximum atomic E-state index is 13.2. The van der Waals surface area contributed by atoms with Crippen LogP contribution in [0.3, 0.4) is 0 Å². The number of nitrogens with one attached hydrogen (secondary N) is 2. The largest absolute Gasteiger partial charge is 0.491 e. The second kappa shape index (κ2) is 10.00. The number of aromatic nitrogens is 3. The van der Waals surface area contributed by atoms with E-state index in [4.69, 9.17) is 4.74 Å². The normalized spacial score (nSPS) is 16.3. The van der Waals surface area contributed by atoms with E-state index in [1.165, 1.54) is 7.11 Å². The minimum absolute atomic E-state index is 0.0296. The van der Waals surface area contributed by atoms with Gasteiger partial charge in [-0.25, -0.2) is 14.6 Å². The van der Waals surface area contributed by atoms with Crippen molar-refractivity contribution in [2.24, 2.45) is 5.92 Å². The average molecular weight is 497 g/mol. The summed E-state index contributed by atoms with van der Waals surface area (Å²) in [5.74, 6) is 1.10. The van der Waals surface area contributed by atoms with E-state index in [-0.39, 0.29) is 24.6 Å². The zero-order chi connectivity index (χ0) is 25.2. The highest BCUT2D eigenvalue weighted by atomic mass is 19.1. The van der Waals surface area contributed by atoms with Gasteiger partial charge in [-0.3, -0.25) is 9.71 Å². The number of ether oxygens (including phenoxy) is 2. The molecule has 4 heterocycles. The molecule has 2 N–H and O–H groups in total. The number of halogens is 1. The number of pyridine rings is 1. The van der Waals surface area contributed by atoms with Crippen LogP contribution < -0.4 is 10.1 Å². The number of carbonyl (C=O) groups excluding carboxylic acids is 2. The van der Waals surface area contributed by atoms with E-state index in [0.29, 0.717) is 56.8 Å². The smallest absolute Gasteiger partial charge is 0.413 e. The number of aryl methyl sites for hydroxylation is 1. The van der Waals surface area contributed by atoms with Crippen molar-refractivity contribution in [1.82, 2.24) is 24.8 Å². The summed E-state index contributed by atoms with van der Waals surface area (Å²) in [5.41, 5.74) is 4.81. The summed E-state index contributed by atoms with van der Waals surface area (Å²) in [6, 6.07) is 5.94. The Morgan fingerprint density at radius 2 is 2.00 bits per heavy atom. The van der Waals surface area contributed by atoms with E-state index in [9.17, 15) is 14.0 Å². The number of hydrogen-bond acceptors (Lipinski definition) is 6. The molecule has 5 rings (SSSR count). The summed E-state index contributed by atoms with van der Waals surface area (Å²) < 4.78 is 23.6. The van der Waals surface area contributed by atoms with Crippen LogP contribution in [0.4, 0.5) is 19.9 Å². The van der Waals surface area contributed by atoms with Crippen LogP contribution in [0.5, 0.6) is 5.75 Å². The number of benzene rings is 1. The van der Waals surface area contributed by atoms with Gasteiger partial charge in [0.1, 0.15) is 12.4 Å². The standard InChI is InChI=1S/C25H29FN6O4/c1-15-9-17(18-11-20-22(27-13-18)29-23(28-20)30-24(33)35-2)10-19-14-32(7-8-36-21(15)19)25(34)31-5-3-16(12-26)4-6-31/h9-11,13,16H,3-8,12,14H2,1-2H3,(H2,27,28,29,30,33). The number of urea groups is 1. The van der Waals surface area contributed by atoms with Gasteiger partial charge in [-0.2, -0.15) is 4.98 Å². The minimum atomic E-state index is -0.624. The summed E-state index contributed by atoms with van der Waals surface area (Å²) in [6.07, 6.45) is 2.50. The molecule has 0 bridgehead atoms. The van der Waals surface area contributed by atoms with E-state index in [2.05, 4.69) is 25.0 Å². The number of alkyl halides is 1. The van der Waals surface area contributed by atoms with Gasteiger partial charge in [0, 0.05) is 30.4 Å². The summed E-state index contributed by atoms with van der Waals surface area (Å²) in [7, 11) is 1.28. The first kappa shape index (κ1) is 23.8. The van der Waals surface area contributed by atoms with Crippen LogP contribution in [-0.2, 0) is 11.3 Å². The third kappa shape index (κ3) is 4.77. The van der Waals surface area contributed by atoms with Crippen LogP contribution in [0.2, 0.25) is 0 Å². The quantitative estimate of drug-likeness (QED) is 0.564. The van der Waals surface area contributed by atoms with Gasteiger partial charge in [0.25, 0.3) is 0 Å². The van der Waals surface area contributed by atoms with Crippen molar-refractivity contribution >= 4 is 29.2 Å². The van der Waals surface area contributed by atoms with Gasteiger partial charge in [0.2, 0.25) is 5.95 Å². The Balaban J connectivity index is 1.39. The fourth-order valence-corrected chi connectivity index (χ4v) is 4.79. The van der Waals surface area contributed by atoms with Crippen molar-refractivity contribution in [1.29, 1.82) is 0 Å². The topological polar surface area (TPSA) is 113 Å². The molecule has 2 aliphatic heterocycles. The lowest BCUT2D eigenvalue weighted by molar-refractivity contribution is 0.122. The first-order chi connectivity index (χ1) is 17.4. The zero-order valence-corrected chi connectivity index (χ0v) is 20.3. The van der Waals surface area contributed by atoms with Gasteiger partial charge < -0.3 is 24.3 Å². The van der Waals surface area contributed by atoms with Gasteiger partial charge in [-0.05, 0) is 55.0 Å². The lowest BCUT2D eigenvalue weighted by Crippen LogP contribution is -2.47. The van der Waals surface area contributed by atoms with Crippen LogP contribution in [0.15, 0.2) is 24.4 Å². The van der Waals surface area contributed by atoms with Crippen LogP contribution in [0, 0.1) is 12.8 Å². The van der Waals surface area contributed by atoms with Crippen LogP contribution >= 0.6 is 0 Å². The molecule has 1 aromatic carbocycles. The second-order valence-electron chi connectivity index (χ2n) is 9.22. The molecule has 1 saturated heterocycles. The molecule has 0 spiro atoms. The maximum Gasteiger partial charge on any atom is 0.413 e. The number of likely N-dealkylation sites (tertiary alicyclic amines) is 1. The number of nitrogens with zero attached hydrogens (tertiary/aromatic N) is 4. The first-order valence-corrected chi connectivity index (χ1v) is 12.0. The number of anilines is 1. The molecule has 190 valence electrons. The zero-order valence-electron chi connectivity index (χ0n) is 20.3. The molecule has 2 aromatic heterocycles. The van der Waals surface area contributed by atoms with Gasteiger partial charge in [-0.1, -0.05) is 0 Å². The van der Waals surface area contributed by atoms with E-state index in [0.717, 1.165) is 28.0 Å². The van der Waals surface area contributed by atoms with E-state index < -0.39 is 6.09 Å². The Hall–Kier alpha value is -3.89. The number of aromatic amines is 1. The monoisotopic (exact) mass is 496 g/mol. The van der Waals surface area contributed by atoms with Crippen LogP contribution in [-0.4, -0.2) is 76.9 Å². The molecule has 11 heteroatoms. The predicted octanol–water partition coefficient (Wildman–Crippen LogP) is 4.11. The second-order valence-corrected chi connectivity index (χ2v) is 9.22. The molecule has 0 unspecified atom stereocenters. The van der Waals surface area contributed by atoms with E-state index in [1.807, 2.05) is 34.9 Å². The molecule has 2 aliphatic rings. The van der Waals surface area contributed by atoms with Crippen LogP contribution in [0.25, 0.3) is 22.3 Å². The van der Waals surface area contributed by atoms with Crippen molar-refractivity contribution in [2.75, 3.05) is 45.3 Å². The molecular formula is C25H29FN6O4. The van der Waals surface area contributed by atoms with Crippen molar-refractivity contribution < 1.29 is 23.5 Å². The van der Waals surface area contributed by atoms with Gasteiger partial charge in [-0.15, -0.1) is 0 Å². The molecule has 10 nitrogen and oxygen atoms in total. The summed E-state index contributed by atoms with van der Waals surface area (Å²) >= 11 is 0. The number of hydrogen-bond donors (Lipinski definition) is 2. The van der Waals surface area contributed by atoms with Gasteiger partial charge in [0.15, 0.2) is 5.65 Å². The van der Waals surface area contributed by atoms with E-state index in [1.54, 1.807) is 6.20 Å². The first-order valence-electron chi connectivity index (χ1n) is 12.0. The molecule has 3 amide bonds. The van der Waals surface area contributed by atoms with Crippen LogP contribution in [0.1, 0.15) is 24.0 Å². The molecule has 0 saturated carbocycles. The molecule has 3 aromatic rings. The van der Waals surface area contributed by atoms with Crippen molar-refractivity contribution in [3.8, 4) is 16.9 Å². The molecule has 0 radical (unpaired) electrons. The number of carbonyl (C=O) groups is 2. The maximum absolute atomic E-state index is 13.2. The number of imidazole rings is 1. The van der Waals surface area contributed by atoms with Crippen molar-refractivity contribution in [3.63, 3.8) is 0 Å².